The van der Waals surface area contributed by atoms with Crippen molar-refractivity contribution in [1.29, 1.82) is 0 Å². The molecular weight excluding hydrogens is 354 g/mol. The topological polar surface area (TPSA) is 55.8 Å². The van der Waals surface area contributed by atoms with Gasteiger partial charge in [-0.3, -0.25) is 0 Å². The van der Waals surface area contributed by atoms with Gasteiger partial charge in [0.25, 0.3) is 0 Å². The van der Waals surface area contributed by atoms with Gasteiger partial charge in [0.05, 0.1) is 6.61 Å². The normalized spacial score (nSPS) is 19.8. The maximum absolute atomic E-state index is 12.6. The van der Waals surface area contributed by atoms with Crippen molar-refractivity contribution in [3.05, 3.63) is 35.9 Å². The van der Waals surface area contributed by atoms with Crippen LogP contribution in [0.1, 0.15) is 64.9 Å². The number of nitrogens with zero attached hydrogens (tertiary/aromatic N) is 1. The molecule has 1 aliphatic carbocycles. The van der Waals surface area contributed by atoms with Gasteiger partial charge >= 0.3 is 6.09 Å². The molecule has 1 fully saturated rings. The number of amides is 1. The summed E-state index contributed by atoms with van der Waals surface area (Å²) >= 11 is 0. The van der Waals surface area contributed by atoms with Crippen molar-refractivity contribution in [3.8, 4) is 0 Å². The summed E-state index contributed by atoms with van der Waals surface area (Å²) < 4.78 is 11.4. The van der Waals surface area contributed by atoms with Gasteiger partial charge < -0.3 is 19.2 Å². The molecule has 28 heavy (non-hydrogen) atoms. The fraction of sp³-hybridized carbons (Fsp3) is 0.652. The maximum Gasteiger partial charge on any atom is 0.410 e. The molecule has 0 saturated heterocycles. The molecule has 0 spiro atoms. The summed E-state index contributed by atoms with van der Waals surface area (Å²) in [5.41, 5.74) is 0.679. The van der Waals surface area contributed by atoms with Crippen molar-refractivity contribution < 1.29 is 19.1 Å². The average molecular weight is 390 g/mol. The minimum atomic E-state index is -0.524. The monoisotopic (exact) mass is 389 g/mol. The molecule has 0 N–H and O–H groups in total. The predicted molar refractivity (Wildman–Crippen MR) is 110 cm³/mol. The minimum Gasteiger partial charge on any atom is -0.444 e. The van der Waals surface area contributed by atoms with Crippen LogP contribution in [0.2, 0.25) is 0 Å². The average Bonchev–Trinajstić information content (AvgIpc) is 2.66. The van der Waals surface area contributed by atoms with Crippen molar-refractivity contribution in [1.82, 2.24) is 4.90 Å². The molecule has 0 heterocycles. The van der Waals surface area contributed by atoms with Gasteiger partial charge in [-0.25, -0.2) is 4.79 Å². The molecule has 0 atom stereocenters. The van der Waals surface area contributed by atoms with E-state index in [4.69, 9.17) is 9.47 Å². The lowest BCUT2D eigenvalue weighted by Gasteiger charge is -2.37. The third-order valence-electron chi connectivity index (χ3n) is 5.15. The number of carbonyl (C=O) groups is 2. The SMILES string of the molecule is CC(C)(C)OC(=O)N(CCC=O)C1CCC(CCOCc2ccccc2)CC1. The van der Waals surface area contributed by atoms with Crippen molar-refractivity contribution in [3.63, 3.8) is 0 Å². The zero-order chi connectivity index (χ0) is 20.4. The number of carbonyl (C=O) groups excluding carboxylic acids is 2. The fourth-order valence-corrected chi connectivity index (χ4v) is 3.69. The van der Waals surface area contributed by atoms with Crippen LogP contribution in [0.4, 0.5) is 4.79 Å². The van der Waals surface area contributed by atoms with E-state index in [-0.39, 0.29) is 12.1 Å². The highest BCUT2D eigenvalue weighted by molar-refractivity contribution is 5.69. The van der Waals surface area contributed by atoms with E-state index >= 15 is 0 Å². The Labute approximate surface area is 169 Å². The molecule has 0 aromatic heterocycles. The van der Waals surface area contributed by atoms with Crippen molar-refractivity contribution in [2.24, 2.45) is 5.92 Å². The van der Waals surface area contributed by atoms with Gasteiger partial charge in [-0.15, -0.1) is 0 Å². The molecule has 0 aliphatic heterocycles. The van der Waals surface area contributed by atoms with E-state index in [1.165, 1.54) is 5.56 Å². The molecule has 0 unspecified atom stereocenters. The molecule has 1 aliphatic rings. The second kappa shape index (κ2) is 11.2. The molecule has 2 rings (SSSR count). The number of ether oxygens (including phenoxy) is 2. The Hall–Kier alpha value is -1.88. The highest BCUT2D eigenvalue weighted by Crippen LogP contribution is 2.30. The molecule has 156 valence electrons. The van der Waals surface area contributed by atoms with Crippen LogP contribution in [0.15, 0.2) is 30.3 Å². The Morgan fingerprint density at radius 1 is 1.14 bits per heavy atom. The van der Waals surface area contributed by atoms with Crippen molar-refractivity contribution >= 4 is 12.4 Å². The van der Waals surface area contributed by atoms with Gasteiger partial charge in [0.1, 0.15) is 11.9 Å². The van der Waals surface area contributed by atoms with Crippen LogP contribution in [0.25, 0.3) is 0 Å². The summed E-state index contributed by atoms with van der Waals surface area (Å²) in [6.07, 6.45) is 6.06. The van der Waals surface area contributed by atoms with Gasteiger partial charge in [-0.2, -0.15) is 0 Å². The first-order chi connectivity index (χ1) is 13.4. The highest BCUT2D eigenvalue weighted by atomic mass is 16.6. The summed E-state index contributed by atoms with van der Waals surface area (Å²) in [5.74, 6) is 0.638. The lowest BCUT2D eigenvalue weighted by atomic mass is 9.83. The van der Waals surface area contributed by atoms with Gasteiger partial charge in [-0.05, 0) is 64.4 Å². The smallest absolute Gasteiger partial charge is 0.410 e. The van der Waals surface area contributed by atoms with E-state index in [2.05, 4.69) is 12.1 Å². The standard InChI is InChI=1S/C23H35NO4/c1-23(2,3)28-22(26)24(15-7-16-25)21-12-10-19(11-13-21)14-17-27-18-20-8-5-4-6-9-20/h4-6,8-9,16,19,21H,7,10-15,17-18H2,1-3H3. The quantitative estimate of drug-likeness (QED) is 0.442. The van der Waals surface area contributed by atoms with Crippen LogP contribution in [0.3, 0.4) is 0 Å². The molecule has 1 amide bonds. The summed E-state index contributed by atoms with van der Waals surface area (Å²) in [6.45, 7) is 7.48. The lowest BCUT2D eigenvalue weighted by molar-refractivity contribution is -0.108. The third kappa shape index (κ3) is 8.01. The minimum absolute atomic E-state index is 0.163. The Morgan fingerprint density at radius 2 is 1.82 bits per heavy atom. The Balaban J connectivity index is 1.74. The lowest BCUT2D eigenvalue weighted by Crippen LogP contribution is -2.45. The Morgan fingerprint density at radius 3 is 2.43 bits per heavy atom. The molecule has 1 saturated carbocycles. The first kappa shape index (κ1) is 22.4. The molecule has 1 aromatic carbocycles. The van der Waals surface area contributed by atoms with Gasteiger partial charge in [0.15, 0.2) is 0 Å². The fourth-order valence-electron chi connectivity index (χ4n) is 3.69. The van der Waals surface area contributed by atoms with E-state index in [1.807, 2.05) is 39.0 Å². The number of aldehydes is 1. The van der Waals surface area contributed by atoms with E-state index in [0.717, 1.165) is 45.0 Å². The van der Waals surface area contributed by atoms with Crippen molar-refractivity contribution in [2.45, 2.75) is 77.5 Å². The summed E-state index contributed by atoms with van der Waals surface area (Å²) in [7, 11) is 0. The number of hydrogen-bond acceptors (Lipinski definition) is 4. The Bertz CT molecular complexity index is 588. The summed E-state index contributed by atoms with van der Waals surface area (Å²) in [5, 5.41) is 0. The summed E-state index contributed by atoms with van der Waals surface area (Å²) in [4.78, 5) is 25.1. The zero-order valence-corrected chi connectivity index (χ0v) is 17.6. The number of hydrogen-bond donors (Lipinski definition) is 0. The molecule has 0 bridgehead atoms. The molecular formula is C23H35NO4. The van der Waals surface area contributed by atoms with Gasteiger partial charge in [-0.1, -0.05) is 30.3 Å². The Kier molecular flexibility index (Phi) is 8.97. The second-order valence-electron chi connectivity index (χ2n) is 8.63. The maximum atomic E-state index is 12.6. The first-order valence-corrected chi connectivity index (χ1v) is 10.4. The van der Waals surface area contributed by atoms with E-state index in [0.29, 0.717) is 25.5 Å². The van der Waals surface area contributed by atoms with Crippen LogP contribution < -0.4 is 0 Å². The highest BCUT2D eigenvalue weighted by Gasteiger charge is 2.31. The summed E-state index contributed by atoms with van der Waals surface area (Å²) in [6, 6.07) is 10.4. The molecule has 5 nitrogen and oxygen atoms in total. The largest absolute Gasteiger partial charge is 0.444 e. The first-order valence-electron chi connectivity index (χ1n) is 10.4. The van der Waals surface area contributed by atoms with E-state index < -0.39 is 5.60 Å². The van der Waals surface area contributed by atoms with Gasteiger partial charge in [0.2, 0.25) is 0 Å². The van der Waals surface area contributed by atoms with Crippen LogP contribution in [0, 0.1) is 5.92 Å². The predicted octanol–water partition coefficient (Wildman–Crippen LogP) is 4.98. The molecule has 5 heteroatoms. The van der Waals surface area contributed by atoms with Crippen molar-refractivity contribution in [2.75, 3.05) is 13.2 Å². The van der Waals surface area contributed by atoms with E-state index in [9.17, 15) is 9.59 Å². The number of benzene rings is 1. The van der Waals surface area contributed by atoms with Crippen LogP contribution in [0.5, 0.6) is 0 Å². The second-order valence-corrected chi connectivity index (χ2v) is 8.63. The number of rotatable bonds is 9. The van der Waals surface area contributed by atoms with Crippen LogP contribution >= 0.6 is 0 Å². The van der Waals surface area contributed by atoms with Crippen LogP contribution in [-0.4, -0.2) is 42.1 Å². The third-order valence-corrected chi connectivity index (χ3v) is 5.15. The molecule has 0 radical (unpaired) electrons. The van der Waals surface area contributed by atoms with Crippen LogP contribution in [-0.2, 0) is 20.9 Å². The van der Waals surface area contributed by atoms with Gasteiger partial charge in [0, 0.05) is 25.6 Å². The zero-order valence-electron chi connectivity index (χ0n) is 17.6. The van der Waals surface area contributed by atoms with E-state index in [1.54, 1.807) is 4.90 Å². The molecule has 1 aromatic rings.